The summed E-state index contributed by atoms with van der Waals surface area (Å²) in [7, 11) is 1.93. The third-order valence-corrected chi connectivity index (χ3v) is 3.22. The molecular formula is C15H21N3O. The molecular weight excluding hydrogens is 238 g/mol. The van der Waals surface area contributed by atoms with Crippen LogP contribution in [0.2, 0.25) is 0 Å². The number of nitrogens with zero attached hydrogens (tertiary/aromatic N) is 2. The zero-order chi connectivity index (χ0) is 14.0. The van der Waals surface area contributed by atoms with Gasteiger partial charge in [-0.05, 0) is 43.5 Å². The van der Waals surface area contributed by atoms with Crippen LogP contribution in [-0.2, 0) is 20.2 Å². The van der Waals surface area contributed by atoms with Crippen molar-refractivity contribution in [2.24, 2.45) is 12.8 Å². The van der Waals surface area contributed by atoms with E-state index < -0.39 is 0 Å². The van der Waals surface area contributed by atoms with Crippen LogP contribution in [0.3, 0.4) is 0 Å². The fraction of sp³-hybridized carbons (Fsp3) is 0.400. The van der Waals surface area contributed by atoms with E-state index in [4.69, 9.17) is 10.5 Å². The maximum Gasteiger partial charge on any atom is 0.130 e. The molecule has 0 unspecified atom stereocenters. The molecule has 0 amide bonds. The first kappa shape index (κ1) is 13.6. The number of nitrogens with two attached hydrogens (primary N) is 1. The fourth-order valence-electron chi connectivity index (χ4n) is 2.33. The fourth-order valence-corrected chi connectivity index (χ4v) is 2.33. The number of aromatic nitrogens is 2. The summed E-state index contributed by atoms with van der Waals surface area (Å²) >= 11 is 0. The number of hydrogen-bond acceptors (Lipinski definition) is 3. The van der Waals surface area contributed by atoms with Gasteiger partial charge < -0.3 is 10.5 Å². The minimum atomic E-state index is 0.529. The third kappa shape index (κ3) is 2.96. The van der Waals surface area contributed by atoms with Crippen LogP contribution in [0.15, 0.2) is 18.2 Å². The van der Waals surface area contributed by atoms with E-state index in [-0.39, 0.29) is 0 Å². The number of rotatable bonds is 4. The van der Waals surface area contributed by atoms with Crippen LogP contribution in [0.1, 0.15) is 28.1 Å². The predicted octanol–water partition coefficient (Wildman–Crippen LogP) is 2.38. The van der Waals surface area contributed by atoms with Crippen molar-refractivity contribution in [2.75, 3.05) is 0 Å². The molecule has 0 fully saturated rings. The van der Waals surface area contributed by atoms with Crippen LogP contribution in [0.4, 0.5) is 0 Å². The molecule has 0 aliphatic heterocycles. The molecule has 2 rings (SSSR count). The first-order valence-corrected chi connectivity index (χ1v) is 6.43. The first-order valence-electron chi connectivity index (χ1n) is 6.43. The van der Waals surface area contributed by atoms with Crippen LogP contribution in [0, 0.1) is 20.8 Å². The molecule has 1 aromatic heterocycles. The van der Waals surface area contributed by atoms with E-state index in [2.05, 4.69) is 31.1 Å². The van der Waals surface area contributed by atoms with E-state index in [0.717, 1.165) is 33.8 Å². The third-order valence-electron chi connectivity index (χ3n) is 3.22. The molecule has 102 valence electrons. The van der Waals surface area contributed by atoms with Crippen molar-refractivity contribution in [2.45, 2.75) is 33.9 Å². The van der Waals surface area contributed by atoms with Crippen LogP contribution in [0.5, 0.6) is 5.75 Å². The highest BCUT2D eigenvalue weighted by molar-refractivity contribution is 5.43. The summed E-state index contributed by atoms with van der Waals surface area (Å²) in [5.74, 6) is 0.941. The first-order chi connectivity index (χ1) is 9.01. The number of aryl methyl sites for hydroxylation is 4. The molecule has 1 heterocycles. The summed E-state index contributed by atoms with van der Waals surface area (Å²) < 4.78 is 7.80. The van der Waals surface area contributed by atoms with Crippen LogP contribution in [-0.4, -0.2) is 9.78 Å². The van der Waals surface area contributed by atoms with Crippen molar-refractivity contribution in [3.8, 4) is 5.75 Å². The number of hydrogen-bond donors (Lipinski definition) is 1. The monoisotopic (exact) mass is 259 g/mol. The lowest BCUT2D eigenvalue weighted by atomic mass is 10.1. The van der Waals surface area contributed by atoms with Crippen LogP contribution >= 0.6 is 0 Å². The largest absolute Gasteiger partial charge is 0.487 e. The molecule has 4 heteroatoms. The molecule has 1 aromatic carbocycles. The Balaban J connectivity index is 2.18. The van der Waals surface area contributed by atoms with E-state index in [9.17, 15) is 0 Å². The van der Waals surface area contributed by atoms with E-state index in [1.54, 1.807) is 0 Å². The lowest BCUT2D eigenvalue weighted by molar-refractivity contribution is 0.291. The maximum atomic E-state index is 5.95. The maximum absolute atomic E-state index is 5.95. The van der Waals surface area contributed by atoms with Gasteiger partial charge in [-0.15, -0.1) is 0 Å². The quantitative estimate of drug-likeness (QED) is 0.917. The molecule has 0 saturated carbocycles. The zero-order valence-corrected chi connectivity index (χ0v) is 12.0. The molecule has 4 nitrogen and oxygen atoms in total. The summed E-state index contributed by atoms with van der Waals surface area (Å²) in [5.41, 5.74) is 11.1. The Hall–Kier alpha value is -1.81. The Morgan fingerprint density at radius 1 is 1.16 bits per heavy atom. The highest BCUT2D eigenvalue weighted by atomic mass is 16.5. The number of ether oxygens (including phenoxy) is 1. The van der Waals surface area contributed by atoms with Crippen molar-refractivity contribution in [1.29, 1.82) is 0 Å². The van der Waals surface area contributed by atoms with E-state index in [1.807, 2.05) is 24.7 Å². The molecule has 0 aliphatic carbocycles. The second-order valence-corrected chi connectivity index (χ2v) is 4.95. The molecule has 0 aliphatic rings. The summed E-state index contributed by atoms with van der Waals surface area (Å²) in [4.78, 5) is 0. The van der Waals surface area contributed by atoms with Gasteiger partial charge in [0.05, 0.1) is 11.4 Å². The van der Waals surface area contributed by atoms with Crippen molar-refractivity contribution >= 4 is 0 Å². The lowest BCUT2D eigenvalue weighted by Gasteiger charge is -2.13. The van der Waals surface area contributed by atoms with Gasteiger partial charge in [-0.1, -0.05) is 12.1 Å². The van der Waals surface area contributed by atoms with E-state index >= 15 is 0 Å². The van der Waals surface area contributed by atoms with Gasteiger partial charge in [-0.25, -0.2) is 0 Å². The zero-order valence-electron chi connectivity index (χ0n) is 12.0. The summed E-state index contributed by atoms with van der Waals surface area (Å²) in [6.07, 6.45) is 0. The van der Waals surface area contributed by atoms with Crippen molar-refractivity contribution in [3.05, 3.63) is 46.3 Å². The Morgan fingerprint density at radius 3 is 2.26 bits per heavy atom. The molecule has 2 N–H and O–H groups in total. The molecule has 0 saturated heterocycles. The Morgan fingerprint density at radius 2 is 1.79 bits per heavy atom. The smallest absolute Gasteiger partial charge is 0.130 e. The van der Waals surface area contributed by atoms with E-state index in [1.165, 1.54) is 0 Å². The molecule has 0 atom stereocenters. The SMILES string of the molecule is Cc1cc(COc2c(C)cc(CN)cc2C)n(C)n1. The standard InChI is InChI=1S/C15H21N3O/c1-10-5-13(8-16)6-11(2)15(10)19-9-14-7-12(3)17-18(14)4/h5-7H,8-9,16H2,1-4H3. The van der Waals surface area contributed by atoms with Crippen LogP contribution in [0.25, 0.3) is 0 Å². The Kier molecular flexibility index (Phi) is 3.90. The Bertz CT molecular complexity index is 564. The van der Waals surface area contributed by atoms with Gasteiger partial charge in [-0.3, -0.25) is 4.68 Å². The van der Waals surface area contributed by atoms with Crippen LogP contribution < -0.4 is 10.5 Å². The lowest BCUT2D eigenvalue weighted by Crippen LogP contribution is -2.05. The van der Waals surface area contributed by atoms with Gasteiger partial charge in [0.15, 0.2) is 0 Å². The Labute approximate surface area is 114 Å². The van der Waals surface area contributed by atoms with Gasteiger partial charge in [0.25, 0.3) is 0 Å². The molecule has 0 radical (unpaired) electrons. The molecule has 0 bridgehead atoms. The average Bonchev–Trinajstić information content (AvgIpc) is 2.66. The highest BCUT2D eigenvalue weighted by Crippen LogP contribution is 2.25. The van der Waals surface area contributed by atoms with Gasteiger partial charge in [-0.2, -0.15) is 5.10 Å². The average molecular weight is 259 g/mol. The minimum absolute atomic E-state index is 0.529. The second-order valence-electron chi connectivity index (χ2n) is 4.95. The van der Waals surface area contributed by atoms with Crippen molar-refractivity contribution < 1.29 is 4.74 Å². The summed E-state index contributed by atoms with van der Waals surface area (Å²) in [5, 5.41) is 4.32. The van der Waals surface area contributed by atoms with Gasteiger partial charge >= 0.3 is 0 Å². The summed E-state index contributed by atoms with van der Waals surface area (Å²) in [6, 6.07) is 6.20. The summed E-state index contributed by atoms with van der Waals surface area (Å²) in [6.45, 7) is 7.17. The van der Waals surface area contributed by atoms with Gasteiger partial charge in [0, 0.05) is 13.6 Å². The number of benzene rings is 1. The van der Waals surface area contributed by atoms with Crippen molar-refractivity contribution in [3.63, 3.8) is 0 Å². The van der Waals surface area contributed by atoms with Gasteiger partial charge in [0.2, 0.25) is 0 Å². The van der Waals surface area contributed by atoms with Gasteiger partial charge in [0.1, 0.15) is 12.4 Å². The molecule has 2 aromatic rings. The van der Waals surface area contributed by atoms with E-state index in [0.29, 0.717) is 13.2 Å². The van der Waals surface area contributed by atoms with Crippen molar-refractivity contribution in [1.82, 2.24) is 9.78 Å². The molecule has 19 heavy (non-hydrogen) atoms. The predicted molar refractivity (Wildman–Crippen MR) is 76.1 cm³/mol. The second kappa shape index (κ2) is 5.45. The highest BCUT2D eigenvalue weighted by Gasteiger charge is 2.08. The molecule has 0 spiro atoms. The minimum Gasteiger partial charge on any atom is -0.487 e. The normalized spacial score (nSPS) is 10.8. The topological polar surface area (TPSA) is 53.1 Å².